The van der Waals surface area contributed by atoms with Gasteiger partial charge in [0.25, 0.3) is 0 Å². The molecular formula is C18H17N3OS2. The van der Waals surface area contributed by atoms with Gasteiger partial charge in [0.05, 0.1) is 28.5 Å². The van der Waals surface area contributed by atoms with Gasteiger partial charge in [-0.3, -0.25) is 4.79 Å². The van der Waals surface area contributed by atoms with Crippen molar-refractivity contribution in [2.45, 2.75) is 19.4 Å². The van der Waals surface area contributed by atoms with Crippen LogP contribution in [-0.2, 0) is 11.3 Å². The Bertz CT molecular complexity index is 842. The molecule has 0 aliphatic carbocycles. The zero-order valence-corrected chi connectivity index (χ0v) is 14.7. The number of aromatic nitrogens is 1. The lowest BCUT2D eigenvalue weighted by Gasteiger charge is -2.20. The van der Waals surface area contributed by atoms with E-state index in [-0.39, 0.29) is 5.91 Å². The van der Waals surface area contributed by atoms with Crippen molar-refractivity contribution in [2.24, 2.45) is 0 Å². The van der Waals surface area contributed by atoms with Crippen LogP contribution in [0.25, 0.3) is 9.88 Å². The topological polar surface area (TPSA) is 45.2 Å². The highest BCUT2D eigenvalue weighted by atomic mass is 32.1. The lowest BCUT2D eigenvalue weighted by molar-refractivity contribution is -0.117. The van der Waals surface area contributed by atoms with Crippen LogP contribution in [0.5, 0.6) is 0 Å². The Labute approximate surface area is 148 Å². The van der Waals surface area contributed by atoms with Gasteiger partial charge in [0.1, 0.15) is 5.01 Å². The highest BCUT2D eigenvalue weighted by molar-refractivity contribution is 7.20. The molecule has 1 aliphatic heterocycles. The summed E-state index contributed by atoms with van der Waals surface area (Å²) in [6.45, 7) is 1.46. The number of nitrogens with zero attached hydrogens (tertiary/aromatic N) is 2. The molecule has 0 saturated carbocycles. The summed E-state index contributed by atoms with van der Waals surface area (Å²) in [5.41, 5.74) is 2.97. The van der Waals surface area contributed by atoms with Crippen molar-refractivity contribution in [1.82, 2.24) is 4.98 Å². The molecule has 3 heterocycles. The quantitative estimate of drug-likeness (QED) is 0.727. The second kappa shape index (κ2) is 6.75. The molecule has 0 radical (unpaired) electrons. The van der Waals surface area contributed by atoms with Gasteiger partial charge in [-0.15, -0.1) is 22.7 Å². The predicted molar refractivity (Wildman–Crippen MR) is 101 cm³/mol. The molecular weight excluding hydrogens is 338 g/mol. The lowest BCUT2D eigenvalue weighted by Crippen LogP contribution is -2.24. The maximum atomic E-state index is 12.0. The van der Waals surface area contributed by atoms with Crippen LogP contribution in [-0.4, -0.2) is 17.4 Å². The van der Waals surface area contributed by atoms with Gasteiger partial charge in [0, 0.05) is 18.3 Å². The minimum absolute atomic E-state index is 0.206. The van der Waals surface area contributed by atoms with Crippen molar-refractivity contribution in [3.05, 3.63) is 52.9 Å². The molecule has 2 aromatic heterocycles. The van der Waals surface area contributed by atoms with Gasteiger partial charge in [-0.05, 0) is 30.0 Å². The van der Waals surface area contributed by atoms with E-state index >= 15 is 0 Å². The van der Waals surface area contributed by atoms with Gasteiger partial charge in [-0.2, -0.15) is 0 Å². The van der Waals surface area contributed by atoms with Crippen molar-refractivity contribution in [2.75, 3.05) is 16.8 Å². The van der Waals surface area contributed by atoms with Crippen LogP contribution in [0.2, 0.25) is 0 Å². The number of carbonyl (C=O) groups excluding carboxylic acids is 1. The number of anilines is 2. The third-order valence-corrected chi connectivity index (χ3v) is 5.94. The average molecular weight is 355 g/mol. The zero-order valence-electron chi connectivity index (χ0n) is 13.1. The summed E-state index contributed by atoms with van der Waals surface area (Å²) in [5.74, 6) is 0.206. The molecule has 4 rings (SSSR count). The molecule has 1 fully saturated rings. The van der Waals surface area contributed by atoms with Crippen LogP contribution < -0.4 is 10.2 Å². The molecule has 3 aromatic rings. The number of carbonyl (C=O) groups is 1. The van der Waals surface area contributed by atoms with E-state index in [4.69, 9.17) is 4.98 Å². The van der Waals surface area contributed by atoms with Gasteiger partial charge in [0.2, 0.25) is 5.91 Å². The number of nitrogens with one attached hydrogen (secondary N) is 1. The van der Waals surface area contributed by atoms with Crippen molar-refractivity contribution < 1.29 is 4.79 Å². The number of thiazole rings is 1. The monoisotopic (exact) mass is 355 g/mol. The molecule has 0 unspecified atom stereocenters. The summed E-state index contributed by atoms with van der Waals surface area (Å²) >= 11 is 3.37. The predicted octanol–water partition coefficient (Wildman–Crippen LogP) is 4.61. The fourth-order valence-electron chi connectivity index (χ4n) is 2.85. The van der Waals surface area contributed by atoms with Crippen molar-refractivity contribution in [3.8, 4) is 9.88 Å². The van der Waals surface area contributed by atoms with Crippen LogP contribution in [0.4, 0.5) is 11.4 Å². The first-order valence-electron chi connectivity index (χ1n) is 7.93. The van der Waals surface area contributed by atoms with Crippen LogP contribution in [0, 0.1) is 0 Å². The molecule has 0 atom stereocenters. The Morgan fingerprint density at radius 2 is 2.08 bits per heavy atom. The largest absolute Gasteiger partial charge is 0.378 e. The normalized spacial score (nSPS) is 14.3. The molecule has 1 amide bonds. The smallest absolute Gasteiger partial charge is 0.227 e. The number of thiophene rings is 1. The van der Waals surface area contributed by atoms with Crippen molar-refractivity contribution in [1.29, 1.82) is 0 Å². The molecule has 0 spiro atoms. The van der Waals surface area contributed by atoms with E-state index in [1.165, 1.54) is 4.88 Å². The lowest BCUT2D eigenvalue weighted by atomic mass is 10.2. The van der Waals surface area contributed by atoms with Crippen LogP contribution in [0.3, 0.4) is 0 Å². The van der Waals surface area contributed by atoms with E-state index in [9.17, 15) is 4.79 Å². The highest BCUT2D eigenvalue weighted by Gasteiger charge is 2.23. The van der Waals surface area contributed by atoms with Gasteiger partial charge in [-0.1, -0.05) is 18.2 Å². The van der Waals surface area contributed by atoms with Crippen LogP contribution >= 0.6 is 22.7 Å². The first kappa shape index (κ1) is 15.4. The first-order valence-corrected chi connectivity index (χ1v) is 9.69. The third kappa shape index (κ3) is 3.07. The second-order valence-electron chi connectivity index (χ2n) is 5.64. The number of hydrogen-bond acceptors (Lipinski definition) is 5. The molecule has 4 nitrogen and oxygen atoms in total. The molecule has 1 aliphatic rings. The fraction of sp³-hybridized carbons (Fsp3) is 0.222. The Morgan fingerprint density at radius 1 is 1.17 bits per heavy atom. The maximum Gasteiger partial charge on any atom is 0.227 e. The first-order chi connectivity index (χ1) is 11.8. The number of rotatable bonds is 5. The third-order valence-electron chi connectivity index (χ3n) is 4.01. The summed E-state index contributed by atoms with van der Waals surface area (Å²) in [6, 6.07) is 12.1. The maximum absolute atomic E-state index is 12.0. The number of benzene rings is 1. The molecule has 1 saturated heterocycles. The molecule has 24 heavy (non-hydrogen) atoms. The Hall–Kier alpha value is -2.18. The van der Waals surface area contributed by atoms with Gasteiger partial charge < -0.3 is 10.2 Å². The number of amides is 1. The number of hydrogen-bond donors (Lipinski definition) is 1. The van der Waals surface area contributed by atoms with Crippen LogP contribution in [0.15, 0.2) is 47.2 Å². The molecule has 0 bridgehead atoms. The van der Waals surface area contributed by atoms with E-state index in [0.717, 1.165) is 35.0 Å². The summed E-state index contributed by atoms with van der Waals surface area (Å²) in [6.07, 6.45) is 1.58. The fourth-order valence-corrected chi connectivity index (χ4v) is 4.48. The standard InChI is InChI=1S/C18H17N3OS2/c22-17-8-3-9-21(17)15-6-2-1-5-14(15)19-11-13-12-24-18(20-13)16-7-4-10-23-16/h1-2,4-7,10,12,19H,3,8-9,11H2. The van der Waals surface area contributed by atoms with E-state index in [1.54, 1.807) is 22.7 Å². The van der Waals surface area contributed by atoms with Gasteiger partial charge in [0.15, 0.2) is 0 Å². The average Bonchev–Trinajstić information content (AvgIpc) is 3.34. The summed E-state index contributed by atoms with van der Waals surface area (Å²) < 4.78 is 0. The van der Waals surface area contributed by atoms with Gasteiger partial charge >= 0.3 is 0 Å². The van der Waals surface area contributed by atoms with Crippen LogP contribution in [0.1, 0.15) is 18.5 Å². The SMILES string of the molecule is O=C1CCCN1c1ccccc1NCc1csc(-c2cccs2)n1. The summed E-state index contributed by atoms with van der Waals surface area (Å²) in [4.78, 5) is 19.8. The number of para-hydroxylation sites is 2. The zero-order chi connectivity index (χ0) is 16.4. The minimum atomic E-state index is 0.206. The summed E-state index contributed by atoms with van der Waals surface area (Å²) in [5, 5.41) is 8.66. The van der Waals surface area contributed by atoms with Crippen molar-refractivity contribution in [3.63, 3.8) is 0 Å². The van der Waals surface area contributed by atoms with E-state index < -0.39 is 0 Å². The molecule has 122 valence electrons. The minimum Gasteiger partial charge on any atom is -0.378 e. The molecule has 6 heteroatoms. The Morgan fingerprint density at radius 3 is 2.88 bits per heavy atom. The Kier molecular flexibility index (Phi) is 4.32. The molecule has 1 N–H and O–H groups in total. The van der Waals surface area contributed by atoms with E-state index in [0.29, 0.717) is 13.0 Å². The van der Waals surface area contributed by atoms with Gasteiger partial charge in [-0.25, -0.2) is 4.98 Å². The second-order valence-corrected chi connectivity index (χ2v) is 7.45. The Balaban J connectivity index is 1.49. The van der Waals surface area contributed by atoms with E-state index in [2.05, 4.69) is 22.1 Å². The van der Waals surface area contributed by atoms with Crippen molar-refractivity contribution >= 4 is 40.0 Å². The summed E-state index contributed by atoms with van der Waals surface area (Å²) in [7, 11) is 0. The van der Waals surface area contributed by atoms with E-state index in [1.807, 2.05) is 35.2 Å². The highest BCUT2D eigenvalue weighted by Crippen LogP contribution is 2.31. The molecule has 1 aromatic carbocycles.